The molecule has 1 aliphatic carbocycles. The first-order valence-corrected chi connectivity index (χ1v) is 13.3. The van der Waals surface area contributed by atoms with E-state index >= 15 is 0 Å². The second kappa shape index (κ2) is 14.4. The number of rotatable bonds is 14. The Labute approximate surface area is 212 Å². The van der Waals surface area contributed by atoms with Crippen LogP contribution < -0.4 is 0 Å². The lowest BCUT2D eigenvalue weighted by Crippen LogP contribution is -2.41. The van der Waals surface area contributed by atoms with Gasteiger partial charge in [0, 0.05) is 18.1 Å². The highest BCUT2D eigenvalue weighted by molar-refractivity contribution is 5.86. The molecule has 0 spiro atoms. The van der Waals surface area contributed by atoms with E-state index in [2.05, 4.69) is 44.7 Å². The van der Waals surface area contributed by atoms with Crippen molar-refractivity contribution in [1.29, 1.82) is 0 Å². The van der Waals surface area contributed by atoms with Crippen molar-refractivity contribution in [3.8, 4) is 0 Å². The fraction of sp³-hybridized carbons (Fsp3) is 0.667. The van der Waals surface area contributed by atoms with Gasteiger partial charge in [-0.15, -0.1) is 0 Å². The maximum absolute atomic E-state index is 12.4. The average molecular weight is 487 g/mol. The second-order valence-corrected chi connectivity index (χ2v) is 10.7. The first-order chi connectivity index (χ1) is 16.7. The Morgan fingerprint density at radius 2 is 1.69 bits per heavy atom. The average Bonchev–Trinajstić information content (AvgIpc) is 2.86. The van der Waals surface area contributed by atoms with Crippen LogP contribution >= 0.6 is 0 Å². The molecule has 5 nitrogen and oxygen atoms in total. The minimum Gasteiger partial charge on any atom is -0.465 e. The number of hydrogen-bond donors (Lipinski definition) is 0. The van der Waals surface area contributed by atoms with E-state index in [1.807, 2.05) is 0 Å². The van der Waals surface area contributed by atoms with Crippen LogP contribution in [0.4, 0.5) is 0 Å². The number of aryl methyl sites for hydroxylation is 1. The zero-order valence-electron chi connectivity index (χ0n) is 22.6. The molecule has 0 amide bonds. The summed E-state index contributed by atoms with van der Waals surface area (Å²) in [6.07, 6.45) is 9.12. The van der Waals surface area contributed by atoms with Crippen LogP contribution in [-0.4, -0.2) is 38.9 Å². The molecule has 0 radical (unpaired) electrons. The van der Waals surface area contributed by atoms with Crippen LogP contribution in [0.2, 0.25) is 0 Å². The van der Waals surface area contributed by atoms with Gasteiger partial charge in [0.05, 0.1) is 12.5 Å². The fourth-order valence-electron chi connectivity index (χ4n) is 4.99. The molecule has 0 N–H and O–H groups in total. The van der Waals surface area contributed by atoms with Crippen LogP contribution in [0.3, 0.4) is 0 Å². The lowest BCUT2D eigenvalue weighted by molar-refractivity contribution is -0.159. The van der Waals surface area contributed by atoms with Gasteiger partial charge in [-0.1, -0.05) is 57.5 Å². The standard InChI is InChI=1S/C30H46O5/c1-7-8-9-10-24-11-13-25(14-12-24)26-15-17-27(18-16-26)30(5,20-34-28(31)22(2)3)21-35-29(32)23(4)19-33-6/h11-14,23,26-27H,2,7-10,15-21H2,1,3-6H3. The number of methoxy groups -OCH3 is 1. The summed E-state index contributed by atoms with van der Waals surface area (Å²) >= 11 is 0. The number of ether oxygens (including phenoxy) is 3. The molecular weight excluding hydrogens is 440 g/mol. The maximum atomic E-state index is 12.4. The summed E-state index contributed by atoms with van der Waals surface area (Å²) in [7, 11) is 1.57. The van der Waals surface area contributed by atoms with E-state index in [1.165, 1.54) is 30.4 Å². The van der Waals surface area contributed by atoms with Gasteiger partial charge in [-0.3, -0.25) is 4.79 Å². The molecule has 5 heteroatoms. The van der Waals surface area contributed by atoms with Crippen molar-refractivity contribution in [3.05, 3.63) is 47.5 Å². The fourth-order valence-corrected chi connectivity index (χ4v) is 4.99. The van der Waals surface area contributed by atoms with Crippen LogP contribution in [0.5, 0.6) is 0 Å². The topological polar surface area (TPSA) is 61.8 Å². The van der Waals surface area contributed by atoms with Gasteiger partial charge >= 0.3 is 11.9 Å². The third-order valence-corrected chi connectivity index (χ3v) is 7.48. The Kier molecular flexibility index (Phi) is 12.0. The van der Waals surface area contributed by atoms with Crippen molar-refractivity contribution in [1.82, 2.24) is 0 Å². The van der Waals surface area contributed by atoms with E-state index in [1.54, 1.807) is 21.0 Å². The SMILES string of the molecule is C=C(C)C(=O)OCC(C)(COC(=O)C(C)COC)C1CCC(c2ccc(CCCCC)cc2)CC1. The predicted octanol–water partition coefficient (Wildman–Crippen LogP) is 6.64. The summed E-state index contributed by atoms with van der Waals surface area (Å²) in [6.45, 7) is 12.2. The van der Waals surface area contributed by atoms with E-state index in [9.17, 15) is 9.59 Å². The molecule has 1 aromatic carbocycles. The molecule has 0 bridgehead atoms. The van der Waals surface area contributed by atoms with Crippen molar-refractivity contribution in [2.45, 2.75) is 85.0 Å². The number of carbonyl (C=O) groups excluding carboxylic acids is 2. The Morgan fingerprint density at radius 3 is 2.26 bits per heavy atom. The zero-order valence-corrected chi connectivity index (χ0v) is 22.6. The normalized spacial score (nSPS) is 20.5. The first kappa shape index (κ1) is 29.1. The molecule has 0 heterocycles. The molecule has 1 aliphatic rings. The van der Waals surface area contributed by atoms with E-state index in [-0.39, 0.29) is 25.1 Å². The van der Waals surface area contributed by atoms with Gasteiger partial charge in [0.25, 0.3) is 0 Å². The van der Waals surface area contributed by atoms with Crippen molar-refractivity contribution < 1.29 is 23.8 Å². The summed E-state index contributed by atoms with van der Waals surface area (Å²) in [5, 5.41) is 0. The van der Waals surface area contributed by atoms with Gasteiger partial charge in [0.1, 0.15) is 13.2 Å². The van der Waals surface area contributed by atoms with Gasteiger partial charge in [-0.2, -0.15) is 0 Å². The quantitative estimate of drug-likeness (QED) is 0.167. The Hall–Kier alpha value is -2.14. The number of hydrogen-bond acceptors (Lipinski definition) is 5. The van der Waals surface area contributed by atoms with Crippen molar-refractivity contribution >= 4 is 11.9 Å². The van der Waals surface area contributed by atoms with Gasteiger partial charge in [-0.05, 0) is 75.3 Å². The van der Waals surface area contributed by atoms with Crippen molar-refractivity contribution in [3.63, 3.8) is 0 Å². The molecule has 2 unspecified atom stereocenters. The maximum Gasteiger partial charge on any atom is 0.333 e. The predicted molar refractivity (Wildman–Crippen MR) is 140 cm³/mol. The van der Waals surface area contributed by atoms with E-state index in [0.29, 0.717) is 24.0 Å². The molecule has 35 heavy (non-hydrogen) atoms. The Bertz CT molecular complexity index is 807. The molecule has 0 aliphatic heterocycles. The molecule has 0 saturated heterocycles. The molecule has 1 fully saturated rings. The Morgan fingerprint density at radius 1 is 1.06 bits per heavy atom. The van der Waals surface area contributed by atoms with Crippen LogP contribution in [0, 0.1) is 17.3 Å². The van der Waals surface area contributed by atoms with Gasteiger partial charge in [0.15, 0.2) is 0 Å². The van der Waals surface area contributed by atoms with Gasteiger partial charge < -0.3 is 14.2 Å². The zero-order chi connectivity index (χ0) is 25.8. The summed E-state index contributed by atoms with van der Waals surface area (Å²) in [6, 6.07) is 9.19. The smallest absolute Gasteiger partial charge is 0.333 e. The number of esters is 2. The molecule has 196 valence electrons. The van der Waals surface area contributed by atoms with Crippen LogP contribution in [-0.2, 0) is 30.2 Å². The lowest BCUT2D eigenvalue weighted by Gasteiger charge is -2.41. The highest BCUT2D eigenvalue weighted by Crippen LogP contribution is 2.44. The van der Waals surface area contributed by atoms with E-state index in [0.717, 1.165) is 32.1 Å². The minimum absolute atomic E-state index is 0.215. The summed E-state index contributed by atoms with van der Waals surface area (Å²) < 4.78 is 16.4. The molecule has 0 aromatic heterocycles. The highest BCUT2D eigenvalue weighted by atomic mass is 16.6. The largest absolute Gasteiger partial charge is 0.465 e. The van der Waals surface area contributed by atoms with Gasteiger partial charge in [-0.25, -0.2) is 4.79 Å². The third-order valence-electron chi connectivity index (χ3n) is 7.48. The third kappa shape index (κ3) is 9.10. The number of unbranched alkanes of at least 4 members (excludes halogenated alkanes) is 2. The molecule has 2 atom stereocenters. The van der Waals surface area contributed by atoms with E-state index in [4.69, 9.17) is 14.2 Å². The molecule has 1 aromatic rings. The summed E-state index contributed by atoms with van der Waals surface area (Å²) in [4.78, 5) is 24.5. The van der Waals surface area contributed by atoms with E-state index < -0.39 is 11.4 Å². The number of carbonyl (C=O) groups is 2. The lowest BCUT2D eigenvalue weighted by atomic mass is 9.67. The summed E-state index contributed by atoms with van der Waals surface area (Å²) in [5.41, 5.74) is 2.77. The minimum atomic E-state index is -0.443. The highest BCUT2D eigenvalue weighted by Gasteiger charge is 2.40. The number of benzene rings is 1. The van der Waals surface area contributed by atoms with Crippen molar-refractivity contribution in [2.24, 2.45) is 17.3 Å². The molecular formula is C30H46O5. The summed E-state index contributed by atoms with van der Waals surface area (Å²) in [5.74, 6) is -0.166. The van der Waals surface area contributed by atoms with Crippen LogP contribution in [0.1, 0.15) is 89.7 Å². The molecule has 1 saturated carbocycles. The first-order valence-electron chi connectivity index (χ1n) is 13.3. The Balaban J connectivity index is 2.00. The van der Waals surface area contributed by atoms with Crippen LogP contribution in [0.15, 0.2) is 36.4 Å². The van der Waals surface area contributed by atoms with Crippen molar-refractivity contribution in [2.75, 3.05) is 26.9 Å². The molecule has 2 rings (SSSR count). The van der Waals surface area contributed by atoms with Crippen LogP contribution in [0.25, 0.3) is 0 Å². The second-order valence-electron chi connectivity index (χ2n) is 10.7. The van der Waals surface area contributed by atoms with Gasteiger partial charge in [0.2, 0.25) is 0 Å². The monoisotopic (exact) mass is 486 g/mol.